The van der Waals surface area contributed by atoms with Gasteiger partial charge in [-0.25, -0.2) is 0 Å². The molecule has 1 aromatic heterocycles. The highest BCUT2D eigenvalue weighted by molar-refractivity contribution is 5.93. The summed E-state index contributed by atoms with van der Waals surface area (Å²) < 4.78 is 52.9. The van der Waals surface area contributed by atoms with Gasteiger partial charge in [0.2, 0.25) is 0 Å². The van der Waals surface area contributed by atoms with Crippen molar-refractivity contribution in [3.8, 4) is 5.75 Å². The maximum absolute atomic E-state index is 12.6. The summed E-state index contributed by atoms with van der Waals surface area (Å²) in [5, 5.41) is 2.68. The Morgan fingerprint density at radius 3 is 2.62 bits per heavy atom. The summed E-state index contributed by atoms with van der Waals surface area (Å²) in [4.78, 5) is 6.50. The smallest absolute Gasteiger partial charge is 0.465 e. The fourth-order valence-corrected chi connectivity index (χ4v) is 3.05. The van der Waals surface area contributed by atoms with Crippen molar-refractivity contribution >= 4 is 11.6 Å². The minimum Gasteiger partial charge on any atom is -0.465 e. The molecule has 1 aliphatic heterocycles. The molecule has 3 N–H and O–H groups in total. The molecule has 3 rings (SSSR count). The number of para-hydroxylation sites is 2. The van der Waals surface area contributed by atoms with Crippen molar-refractivity contribution < 1.29 is 27.1 Å². The van der Waals surface area contributed by atoms with Gasteiger partial charge < -0.3 is 24.9 Å². The molecular formula is C19H23F3N4O3. The van der Waals surface area contributed by atoms with Gasteiger partial charge in [-0.2, -0.15) is 0 Å². The molecule has 10 heteroatoms. The van der Waals surface area contributed by atoms with Crippen molar-refractivity contribution in [2.75, 3.05) is 38.2 Å². The number of morpholine rings is 1. The summed E-state index contributed by atoms with van der Waals surface area (Å²) in [6, 6.07) is 9.24. The molecule has 158 valence electrons. The van der Waals surface area contributed by atoms with Crippen LogP contribution in [0.15, 0.2) is 45.8 Å². The number of rotatable bonds is 6. The lowest BCUT2D eigenvalue weighted by molar-refractivity contribution is -0.274. The van der Waals surface area contributed by atoms with Gasteiger partial charge in [0.1, 0.15) is 11.5 Å². The lowest BCUT2D eigenvalue weighted by Crippen LogP contribution is -2.40. The molecule has 2 heterocycles. The predicted octanol–water partition coefficient (Wildman–Crippen LogP) is 3.29. The number of halogens is 3. The Kier molecular flexibility index (Phi) is 6.65. The Bertz CT molecular complexity index is 832. The monoisotopic (exact) mass is 412 g/mol. The number of ether oxygens (including phenoxy) is 2. The van der Waals surface area contributed by atoms with Crippen LogP contribution in [0.2, 0.25) is 0 Å². The predicted molar refractivity (Wildman–Crippen MR) is 102 cm³/mol. The highest BCUT2D eigenvalue weighted by atomic mass is 19.4. The lowest BCUT2D eigenvalue weighted by atomic mass is 10.1. The van der Waals surface area contributed by atoms with E-state index in [1.165, 1.54) is 18.2 Å². The topological polar surface area (TPSA) is 85.2 Å². The van der Waals surface area contributed by atoms with Crippen molar-refractivity contribution in [3.05, 3.63) is 47.9 Å². The van der Waals surface area contributed by atoms with Gasteiger partial charge in [-0.1, -0.05) is 12.1 Å². The molecule has 1 atom stereocenters. The average molecular weight is 412 g/mol. The maximum Gasteiger partial charge on any atom is 0.573 e. The van der Waals surface area contributed by atoms with Crippen molar-refractivity contribution in [3.63, 3.8) is 0 Å². The summed E-state index contributed by atoms with van der Waals surface area (Å²) in [6.07, 6.45) is -4.80. The third kappa shape index (κ3) is 6.13. The number of hydrogen-bond donors (Lipinski definition) is 2. The first-order chi connectivity index (χ1) is 13.8. The van der Waals surface area contributed by atoms with Crippen LogP contribution in [0.25, 0.3) is 0 Å². The molecule has 0 amide bonds. The molecule has 1 aromatic carbocycles. The molecule has 1 saturated heterocycles. The van der Waals surface area contributed by atoms with Crippen LogP contribution in [-0.2, 0) is 4.74 Å². The zero-order valence-electron chi connectivity index (χ0n) is 15.9. The van der Waals surface area contributed by atoms with E-state index < -0.39 is 6.36 Å². The highest BCUT2D eigenvalue weighted by Crippen LogP contribution is 2.30. The molecule has 0 saturated carbocycles. The number of hydrogen-bond acceptors (Lipinski definition) is 5. The van der Waals surface area contributed by atoms with E-state index in [1.807, 2.05) is 19.1 Å². The van der Waals surface area contributed by atoms with Crippen LogP contribution in [-0.4, -0.2) is 50.1 Å². The number of guanidine groups is 1. The van der Waals surface area contributed by atoms with Crippen LogP contribution in [0.3, 0.4) is 0 Å². The Morgan fingerprint density at radius 2 is 1.97 bits per heavy atom. The van der Waals surface area contributed by atoms with Gasteiger partial charge in [0.25, 0.3) is 0 Å². The van der Waals surface area contributed by atoms with Gasteiger partial charge in [-0.3, -0.25) is 9.89 Å². The number of aryl methyl sites for hydroxylation is 1. The minimum atomic E-state index is -4.80. The van der Waals surface area contributed by atoms with Crippen LogP contribution in [0.4, 0.5) is 18.9 Å². The van der Waals surface area contributed by atoms with Crippen LogP contribution in [0.5, 0.6) is 5.75 Å². The Labute approximate surface area is 166 Å². The van der Waals surface area contributed by atoms with E-state index in [0.29, 0.717) is 13.2 Å². The molecule has 1 unspecified atom stereocenters. The summed E-state index contributed by atoms with van der Waals surface area (Å²) in [5.41, 5.74) is 6.00. The number of furan rings is 1. The first kappa shape index (κ1) is 21.0. The van der Waals surface area contributed by atoms with E-state index in [2.05, 4.69) is 19.9 Å². The second-order valence-electron chi connectivity index (χ2n) is 6.51. The number of benzene rings is 1. The summed E-state index contributed by atoms with van der Waals surface area (Å²) >= 11 is 0. The fourth-order valence-electron chi connectivity index (χ4n) is 3.05. The molecule has 29 heavy (non-hydrogen) atoms. The van der Waals surface area contributed by atoms with Crippen LogP contribution in [0.1, 0.15) is 17.6 Å². The van der Waals surface area contributed by atoms with Crippen LogP contribution >= 0.6 is 0 Å². The quantitative estimate of drug-likeness (QED) is 0.560. The number of anilines is 1. The summed E-state index contributed by atoms with van der Waals surface area (Å²) in [5.74, 6) is 1.13. The minimum absolute atomic E-state index is 0.0234. The van der Waals surface area contributed by atoms with E-state index >= 15 is 0 Å². The van der Waals surface area contributed by atoms with Crippen molar-refractivity contribution in [1.82, 2.24) is 4.90 Å². The summed E-state index contributed by atoms with van der Waals surface area (Å²) in [7, 11) is 0. The molecule has 0 bridgehead atoms. The number of nitrogens with two attached hydrogens (primary N) is 1. The van der Waals surface area contributed by atoms with Crippen molar-refractivity contribution in [2.45, 2.75) is 19.3 Å². The van der Waals surface area contributed by atoms with Gasteiger partial charge in [-0.15, -0.1) is 13.2 Å². The fraction of sp³-hybridized carbons (Fsp3) is 0.421. The molecule has 1 fully saturated rings. The Balaban J connectivity index is 1.73. The molecule has 0 spiro atoms. The normalized spacial score (nSPS) is 17.2. The zero-order valence-corrected chi connectivity index (χ0v) is 15.9. The molecule has 0 aliphatic carbocycles. The van der Waals surface area contributed by atoms with Crippen LogP contribution in [0, 0.1) is 6.92 Å². The van der Waals surface area contributed by atoms with E-state index in [4.69, 9.17) is 14.9 Å². The van der Waals surface area contributed by atoms with E-state index in [9.17, 15) is 13.2 Å². The summed E-state index contributed by atoms with van der Waals surface area (Å²) in [6.45, 7) is 4.78. The SMILES string of the molecule is Cc1ccc(C(CN=C(N)Nc2ccccc2OC(F)(F)F)N2CCOCC2)o1. The van der Waals surface area contributed by atoms with Gasteiger partial charge in [-0.05, 0) is 31.2 Å². The van der Waals surface area contributed by atoms with Crippen molar-refractivity contribution in [2.24, 2.45) is 10.7 Å². The second kappa shape index (κ2) is 9.19. The lowest BCUT2D eigenvalue weighted by Gasteiger charge is -2.32. The number of nitrogens with one attached hydrogen (secondary N) is 1. The molecule has 2 aromatic rings. The largest absolute Gasteiger partial charge is 0.573 e. The number of alkyl halides is 3. The number of aliphatic imine (C=N–C) groups is 1. The molecular weight excluding hydrogens is 389 g/mol. The average Bonchev–Trinajstić information content (AvgIpc) is 3.09. The first-order valence-electron chi connectivity index (χ1n) is 9.11. The van der Waals surface area contributed by atoms with E-state index in [0.717, 1.165) is 24.6 Å². The third-order valence-corrected chi connectivity index (χ3v) is 4.39. The van der Waals surface area contributed by atoms with Gasteiger partial charge in [0, 0.05) is 13.1 Å². The Morgan fingerprint density at radius 1 is 1.24 bits per heavy atom. The molecule has 7 nitrogen and oxygen atoms in total. The zero-order chi connectivity index (χ0) is 20.9. The van der Waals surface area contributed by atoms with Gasteiger partial charge in [0.05, 0.1) is 31.5 Å². The van der Waals surface area contributed by atoms with E-state index in [-0.39, 0.29) is 30.0 Å². The highest BCUT2D eigenvalue weighted by Gasteiger charge is 2.32. The standard InChI is InChI=1S/C19H23F3N4O3/c1-13-6-7-17(28-13)15(26-8-10-27-11-9-26)12-24-18(23)25-14-4-2-3-5-16(14)29-19(20,21)22/h2-7,15H,8-12H2,1H3,(H3,23,24,25). The van der Waals surface area contributed by atoms with Crippen LogP contribution < -0.4 is 15.8 Å². The van der Waals surface area contributed by atoms with Crippen molar-refractivity contribution in [1.29, 1.82) is 0 Å². The third-order valence-electron chi connectivity index (χ3n) is 4.39. The first-order valence-corrected chi connectivity index (χ1v) is 9.11. The van der Waals surface area contributed by atoms with Gasteiger partial charge >= 0.3 is 6.36 Å². The van der Waals surface area contributed by atoms with E-state index in [1.54, 1.807) is 6.07 Å². The molecule has 0 radical (unpaired) electrons. The maximum atomic E-state index is 12.6. The second-order valence-corrected chi connectivity index (χ2v) is 6.51. The van der Waals surface area contributed by atoms with Gasteiger partial charge in [0.15, 0.2) is 11.7 Å². The Hall–Kier alpha value is -2.72. The number of nitrogens with zero attached hydrogens (tertiary/aromatic N) is 2. The molecule has 1 aliphatic rings.